The van der Waals surface area contributed by atoms with Crippen LogP contribution in [-0.4, -0.2) is 57.7 Å². The fourth-order valence-electron chi connectivity index (χ4n) is 6.43. The molecule has 7 heteroatoms. The molecule has 2 bridgehead atoms. The largest absolute Gasteiger partial charge is 0.469 e. The number of hydrogen-bond donors (Lipinski definition) is 0. The summed E-state index contributed by atoms with van der Waals surface area (Å²) >= 11 is 0. The number of fused-ring (bicyclic) bond motifs is 2. The highest BCUT2D eigenvalue weighted by molar-refractivity contribution is 7.89. The SMILES string of the molecule is COC(=O)C1CC2CCC1(CS(=O)(=O)N1CCN(c3ccccc3C)CC1)C2(C)C. The van der Waals surface area contributed by atoms with E-state index in [1.165, 1.54) is 18.4 Å². The number of rotatable bonds is 5. The summed E-state index contributed by atoms with van der Waals surface area (Å²) in [5, 5.41) is 0. The summed E-state index contributed by atoms with van der Waals surface area (Å²) in [6, 6.07) is 8.23. The van der Waals surface area contributed by atoms with E-state index in [4.69, 9.17) is 4.74 Å². The highest BCUT2D eigenvalue weighted by Crippen LogP contribution is 2.69. The smallest absolute Gasteiger partial charge is 0.309 e. The van der Waals surface area contributed by atoms with E-state index in [9.17, 15) is 13.2 Å². The second kappa shape index (κ2) is 7.52. The number of esters is 1. The lowest BCUT2D eigenvalue weighted by Gasteiger charge is -2.43. The minimum Gasteiger partial charge on any atom is -0.469 e. The van der Waals surface area contributed by atoms with Crippen molar-refractivity contribution < 1.29 is 17.9 Å². The molecule has 0 N–H and O–H groups in total. The number of carbonyl (C=O) groups is 1. The quantitative estimate of drug-likeness (QED) is 0.667. The van der Waals surface area contributed by atoms with Gasteiger partial charge in [-0.05, 0) is 49.1 Å². The number of benzene rings is 1. The first-order chi connectivity index (χ1) is 14.1. The molecule has 4 rings (SSSR count). The van der Waals surface area contributed by atoms with Crippen molar-refractivity contribution in [3.63, 3.8) is 0 Å². The number of aryl methyl sites for hydroxylation is 1. The van der Waals surface area contributed by atoms with Crippen molar-refractivity contribution in [3.05, 3.63) is 29.8 Å². The van der Waals surface area contributed by atoms with Crippen LogP contribution in [0.4, 0.5) is 5.69 Å². The number of ether oxygens (including phenoxy) is 1. The topological polar surface area (TPSA) is 66.9 Å². The number of piperazine rings is 1. The van der Waals surface area contributed by atoms with Crippen molar-refractivity contribution in [2.24, 2.45) is 22.7 Å². The zero-order valence-corrected chi connectivity index (χ0v) is 19.4. The van der Waals surface area contributed by atoms with Gasteiger partial charge in [0.25, 0.3) is 0 Å². The lowest BCUT2D eigenvalue weighted by Crippen LogP contribution is -2.53. The van der Waals surface area contributed by atoms with E-state index in [2.05, 4.69) is 37.8 Å². The zero-order chi connectivity index (χ0) is 21.7. The highest BCUT2D eigenvalue weighted by atomic mass is 32.2. The van der Waals surface area contributed by atoms with E-state index in [1.807, 2.05) is 12.1 Å². The summed E-state index contributed by atoms with van der Waals surface area (Å²) in [4.78, 5) is 14.8. The molecule has 2 saturated carbocycles. The van der Waals surface area contributed by atoms with Crippen LogP contribution in [0.5, 0.6) is 0 Å². The Balaban J connectivity index is 1.52. The number of methoxy groups -OCH3 is 1. The van der Waals surface area contributed by atoms with Gasteiger partial charge >= 0.3 is 5.97 Å². The molecule has 3 aliphatic rings. The number of nitrogens with zero attached hydrogens (tertiary/aromatic N) is 2. The zero-order valence-electron chi connectivity index (χ0n) is 18.6. The third kappa shape index (κ3) is 3.25. The molecule has 1 aromatic rings. The molecule has 0 aromatic heterocycles. The minimum atomic E-state index is -3.47. The van der Waals surface area contributed by atoms with Crippen molar-refractivity contribution in [2.75, 3.05) is 43.9 Å². The second-order valence-electron chi connectivity index (χ2n) is 9.85. The number of para-hydroxylation sites is 1. The predicted octanol–water partition coefficient (Wildman–Crippen LogP) is 3.06. The molecule has 3 unspecified atom stereocenters. The predicted molar refractivity (Wildman–Crippen MR) is 118 cm³/mol. The van der Waals surface area contributed by atoms with Crippen molar-refractivity contribution in [1.29, 1.82) is 0 Å². The number of sulfonamides is 1. The van der Waals surface area contributed by atoms with Gasteiger partial charge in [0.15, 0.2) is 0 Å². The summed E-state index contributed by atoms with van der Waals surface area (Å²) < 4.78 is 33.8. The van der Waals surface area contributed by atoms with Crippen LogP contribution in [-0.2, 0) is 19.6 Å². The van der Waals surface area contributed by atoms with Crippen LogP contribution < -0.4 is 4.90 Å². The summed E-state index contributed by atoms with van der Waals surface area (Å²) in [7, 11) is -2.06. The molecule has 0 spiro atoms. The van der Waals surface area contributed by atoms with Crippen LogP contribution in [0.3, 0.4) is 0 Å². The molecule has 6 nitrogen and oxygen atoms in total. The van der Waals surface area contributed by atoms with E-state index in [0.29, 0.717) is 32.1 Å². The van der Waals surface area contributed by atoms with Gasteiger partial charge in [-0.2, -0.15) is 4.31 Å². The number of carbonyl (C=O) groups excluding carboxylic acids is 1. The molecule has 1 aliphatic heterocycles. The number of anilines is 1. The van der Waals surface area contributed by atoms with E-state index in [1.54, 1.807) is 4.31 Å². The van der Waals surface area contributed by atoms with Crippen LogP contribution in [0, 0.1) is 29.6 Å². The Labute approximate surface area is 180 Å². The Hall–Kier alpha value is -1.60. The second-order valence-corrected chi connectivity index (χ2v) is 11.8. The first kappa shape index (κ1) is 21.6. The van der Waals surface area contributed by atoms with Gasteiger partial charge in [0.05, 0.1) is 18.8 Å². The molecule has 166 valence electrons. The van der Waals surface area contributed by atoms with E-state index in [0.717, 1.165) is 19.3 Å². The Morgan fingerprint density at radius 2 is 1.83 bits per heavy atom. The molecule has 0 amide bonds. The maximum Gasteiger partial charge on any atom is 0.309 e. The van der Waals surface area contributed by atoms with E-state index >= 15 is 0 Å². The summed E-state index contributed by atoms with van der Waals surface area (Å²) in [6.45, 7) is 8.73. The van der Waals surface area contributed by atoms with Crippen LogP contribution in [0.15, 0.2) is 24.3 Å². The van der Waals surface area contributed by atoms with Crippen LogP contribution in [0.2, 0.25) is 0 Å². The summed E-state index contributed by atoms with van der Waals surface area (Å²) in [5.74, 6) is -0.132. The summed E-state index contributed by atoms with van der Waals surface area (Å²) in [6.07, 6.45) is 2.53. The molecule has 2 aliphatic carbocycles. The van der Waals surface area contributed by atoms with Gasteiger partial charge in [-0.1, -0.05) is 32.0 Å². The number of hydrogen-bond acceptors (Lipinski definition) is 5. The Morgan fingerprint density at radius 1 is 1.17 bits per heavy atom. The van der Waals surface area contributed by atoms with Gasteiger partial charge in [-0.15, -0.1) is 0 Å². The first-order valence-electron chi connectivity index (χ1n) is 11.0. The lowest BCUT2D eigenvalue weighted by atomic mass is 9.66. The van der Waals surface area contributed by atoms with Gasteiger partial charge in [-0.3, -0.25) is 4.79 Å². The normalized spacial score (nSPS) is 31.1. The van der Waals surface area contributed by atoms with Gasteiger partial charge in [0, 0.05) is 37.3 Å². The molecular formula is C23H34N2O4S. The Kier molecular flexibility index (Phi) is 5.42. The molecule has 1 heterocycles. The monoisotopic (exact) mass is 434 g/mol. The van der Waals surface area contributed by atoms with Gasteiger partial charge < -0.3 is 9.64 Å². The van der Waals surface area contributed by atoms with Crippen LogP contribution in [0.1, 0.15) is 38.7 Å². The maximum atomic E-state index is 13.5. The molecule has 3 atom stereocenters. The van der Waals surface area contributed by atoms with Crippen molar-refractivity contribution in [3.8, 4) is 0 Å². The standard InChI is InChI=1S/C23H34N2O4S/c1-17-7-5-6-8-20(17)24-11-13-25(14-12-24)30(27,28)16-23-10-9-18(22(23,2)3)15-19(23)21(26)29-4/h5-8,18-19H,9-16H2,1-4H3. The Bertz CT molecular complexity index is 921. The third-order valence-corrected chi connectivity index (χ3v) is 10.5. The average Bonchev–Trinajstić information content (AvgIpc) is 3.08. The maximum absolute atomic E-state index is 13.5. The van der Waals surface area contributed by atoms with Gasteiger partial charge in [0.1, 0.15) is 0 Å². The minimum absolute atomic E-state index is 0.0492. The molecule has 30 heavy (non-hydrogen) atoms. The highest BCUT2D eigenvalue weighted by Gasteiger charge is 2.67. The molecule has 1 aromatic carbocycles. The fraction of sp³-hybridized carbons (Fsp3) is 0.696. The van der Waals surface area contributed by atoms with Crippen molar-refractivity contribution >= 4 is 21.7 Å². The molecule has 3 fully saturated rings. The van der Waals surface area contributed by atoms with Crippen molar-refractivity contribution in [1.82, 2.24) is 4.31 Å². The van der Waals surface area contributed by atoms with Gasteiger partial charge in [0.2, 0.25) is 10.0 Å². The Morgan fingerprint density at radius 3 is 2.43 bits per heavy atom. The fourth-order valence-corrected chi connectivity index (χ4v) is 8.70. The third-order valence-electron chi connectivity index (χ3n) is 8.44. The molecule has 0 radical (unpaired) electrons. The average molecular weight is 435 g/mol. The molecular weight excluding hydrogens is 400 g/mol. The van der Waals surface area contributed by atoms with Gasteiger partial charge in [-0.25, -0.2) is 8.42 Å². The molecule has 1 saturated heterocycles. The first-order valence-corrected chi connectivity index (χ1v) is 12.6. The summed E-state index contributed by atoms with van der Waals surface area (Å²) in [5.41, 5.74) is 1.67. The van der Waals surface area contributed by atoms with E-state index < -0.39 is 15.4 Å². The van der Waals surface area contributed by atoms with Crippen LogP contribution in [0.25, 0.3) is 0 Å². The van der Waals surface area contributed by atoms with E-state index in [-0.39, 0.29) is 23.1 Å². The van der Waals surface area contributed by atoms with Crippen LogP contribution >= 0.6 is 0 Å². The lowest BCUT2D eigenvalue weighted by molar-refractivity contribution is -0.150. The van der Waals surface area contributed by atoms with Crippen molar-refractivity contribution in [2.45, 2.75) is 40.0 Å².